The zero-order valence-electron chi connectivity index (χ0n) is 25.8. The van der Waals surface area contributed by atoms with Crippen molar-refractivity contribution in [2.24, 2.45) is 5.92 Å². The number of nitro benzene ring substituents is 1. The van der Waals surface area contributed by atoms with Gasteiger partial charge in [-0.3, -0.25) is 19.6 Å². The van der Waals surface area contributed by atoms with Crippen LogP contribution in [-0.4, -0.2) is 56.8 Å². The number of fused-ring (bicyclic) bond motifs is 2. The molecule has 1 aromatic heterocycles. The van der Waals surface area contributed by atoms with E-state index >= 15 is 0 Å². The van der Waals surface area contributed by atoms with Gasteiger partial charge >= 0.3 is 0 Å². The number of non-ortho nitro benzene ring substituents is 1. The normalized spacial score (nSPS) is 23.2. The molecule has 0 bridgehead atoms. The number of amides is 1. The molecule has 0 aliphatic carbocycles. The van der Waals surface area contributed by atoms with Gasteiger partial charge in [-0.2, -0.15) is 0 Å². The lowest BCUT2D eigenvalue weighted by molar-refractivity contribution is -0.385. The Hall–Kier alpha value is -3.50. The van der Waals surface area contributed by atoms with Gasteiger partial charge in [0.25, 0.3) is 11.6 Å². The molecule has 5 atom stereocenters. The Kier molecular flexibility index (Phi) is 8.88. The van der Waals surface area contributed by atoms with Gasteiger partial charge in [-0.05, 0) is 71.4 Å². The van der Waals surface area contributed by atoms with Crippen LogP contribution in [0.4, 0.5) is 11.4 Å². The monoisotopic (exact) mass is 753 g/mol. The maximum Gasteiger partial charge on any atom is 0.269 e. The third-order valence-electron chi connectivity index (χ3n) is 9.37. The standard InChI is InChI=1S/C33H36IN5O6Si/c1-21-31(46(2,3)44)30(15-16-37-19-28(35-36-37)26(20-40)23-7-5-4-6-8-23)45-33(21)27-17-25(39(42)43)13-14-29(27)38(32(33)41)18-22-9-11-24(34)12-10-22/h4-14,17,19,21,26,30-31,40,44H,15-16,18,20H2,1-3H3/t21-,26?,30+,31-,33+/m0/s1. The Labute approximate surface area is 281 Å². The zero-order valence-corrected chi connectivity index (χ0v) is 28.9. The summed E-state index contributed by atoms with van der Waals surface area (Å²) < 4.78 is 9.61. The second-order valence-electron chi connectivity index (χ2n) is 12.7. The van der Waals surface area contributed by atoms with E-state index in [0.717, 1.165) is 14.7 Å². The summed E-state index contributed by atoms with van der Waals surface area (Å²) in [5.74, 6) is -1.06. The number of aliphatic hydroxyl groups is 1. The second kappa shape index (κ2) is 12.6. The molecule has 3 heterocycles. The van der Waals surface area contributed by atoms with Crippen molar-refractivity contribution in [2.45, 2.75) is 62.7 Å². The zero-order chi connectivity index (χ0) is 32.8. The van der Waals surface area contributed by atoms with Crippen molar-refractivity contribution in [3.63, 3.8) is 0 Å². The van der Waals surface area contributed by atoms with Crippen LogP contribution in [0, 0.1) is 19.6 Å². The maximum absolute atomic E-state index is 14.6. The average molecular weight is 754 g/mol. The first-order chi connectivity index (χ1) is 21.9. The molecule has 1 fully saturated rings. The fourth-order valence-electron chi connectivity index (χ4n) is 7.28. The van der Waals surface area contributed by atoms with Gasteiger partial charge in [0.05, 0.1) is 41.5 Å². The molecule has 2 aliphatic heterocycles. The van der Waals surface area contributed by atoms with Gasteiger partial charge < -0.3 is 19.5 Å². The molecule has 240 valence electrons. The Balaban J connectivity index is 1.33. The van der Waals surface area contributed by atoms with Crippen molar-refractivity contribution in [3.8, 4) is 0 Å². The number of ether oxygens (including phenoxy) is 1. The molecule has 3 aromatic carbocycles. The Bertz CT molecular complexity index is 1750. The average Bonchev–Trinajstić information content (AvgIpc) is 3.68. The van der Waals surface area contributed by atoms with Crippen LogP contribution in [0.2, 0.25) is 18.6 Å². The van der Waals surface area contributed by atoms with Gasteiger partial charge in [0, 0.05) is 45.5 Å². The molecule has 11 nitrogen and oxygen atoms in total. The first-order valence-electron chi connectivity index (χ1n) is 15.3. The van der Waals surface area contributed by atoms with E-state index < -0.39 is 30.9 Å². The van der Waals surface area contributed by atoms with Crippen molar-refractivity contribution < 1.29 is 24.4 Å². The van der Waals surface area contributed by atoms with Crippen LogP contribution < -0.4 is 4.90 Å². The highest BCUT2D eigenvalue weighted by Crippen LogP contribution is 2.60. The van der Waals surface area contributed by atoms with Crippen molar-refractivity contribution >= 4 is 48.2 Å². The molecule has 1 amide bonds. The van der Waals surface area contributed by atoms with Gasteiger partial charge in [-0.25, -0.2) is 0 Å². The molecule has 4 aromatic rings. The van der Waals surface area contributed by atoms with Crippen molar-refractivity contribution in [1.82, 2.24) is 15.0 Å². The van der Waals surface area contributed by atoms with Gasteiger partial charge in [0.1, 0.15) is 0 Å². The van der Waals surface area contributed by atoms with E-state index in [2.05, 4.69) is 32.9 Å². The smallest absolute Gasteiger partial charge is 0.269 e. The summed E-state index contributed by atoms with van der Waals surface area (Å²) in [6, 6.07) is 22.0. The lowest BCUT2D eigenvalue weighted by atomic mass is 9.82. The molecule has 2 aliphatic rings. The number of nitro groups is 1. The number of hydrogen-bond donors (Lipinski definition) is 2. The van der Waals surface area contributed by atoms with E-state index in [1.165, 1.54) is 12.1 Å². The minimum absolute atomic E-state index is 0.118. The Morgan fingerprint density at radius 3 is 2.50 bits per heavy atom. The minimum Gasteiger partial charge on any atom is -0.432 e. The molecule has 13 heteroatoms. The Morgan fingerprint density at radius 2 is 1.85 bits per heavy atom. The fraction of sp³-hybridized carbons (Fsp3) is 0.364. The van der Waals surface area contributed by atoms with Crippen LogP contribution in [0.25, 0.3) is 0 Å². The number of anilines is 1. The summed E-state index contributed by atoms with van der Waals surface area (Å²) in [5, 5.41) is 30.6. The molecular formula is C33H36IN5O6Si. The maximum atomic E-state index is 14.6. The number of carbonyl (C=O) groups is 1. The van der Waals surface area contributed by atoms with Crippen LogP contribution in [0.5, 0.6) is 0 Å². The van der Waals surface area contributed by atoms with Gasteiger partial charge in [0.15, 0.2) is 13.9 Å². The number of aryl methyl sites for hydroxylation is 1. The fourth-order valence-corrected chi connectivity index (χ4v) is 10.2. The number of benzene rings is 3. The van der Waals surface area contributed by atoms with E-state index in [-0.39, 0.29) is 36.2 Å². The minimum atomic E-state index is -2.94. The number of carbonyl (C=O) groups excluding carboxylic acids is 1. The summed E-state index contributed by atoms with van der Waals surface area (Å²) >= 11 is 2.23. The Morgan fingerprint density at radius 1 is 1.13 bits per heavy atom. The molecule has 2 N–H and O–H groups in total. The molecule has 6 rings (SSSR count). The summed E-state index contributed by atoms with van der Waals surface area (Å²) in [4.78, 5) is 39.3. The van der Waals surface area contributed by atoms with Crippen LogP contribution in [0.3, 0.4) is 0 Å². The van der Waals surface area contributed by atoms with Crippen molar-refractivity contribution in [3.05, 3.63) is 115 Å². The van der Waals surface area contributed by atoms with Gasteiger partial charge in [-0.1, -0.05) is 54.6 Å². The third kappa shape index (κ3) is 5.79. The predicted molar refractivity (Wildman–Crippen MR) is 183 cm³/mol. The third-order valence-corrected chi connectivity index (χ3v) is 12.6. The molecule has 1 unspecified atom stereocenters. The number of rotatable bonds is 10. The summed E-state index contributed by atoms with van der Waals surface area (Å²) in [5.41, 5.74) is 1.58. The van der Waals surface area contributed by atoms with Crippen molar-refractivity contribution in [1.29, 1.82) is 0 Å². The van der Waals surface area contributed by atoms with E-state index in [0.29, 0.717) is 29.9 Å². The summed E-state index contributed by atoms with van der Waals surface area (Å²) in [7, 11) is -2.94. The molecular weight excluding hydrogens is 717 g/mol. The van der Waals surface area contributed by atoms with Crippen LogP contribution in [0.1, 0.15) is 41.6 Å². The van der Waals surface area contributed by atoms with Crippen molar-refractivity contribution in [2.75, 3.05) is 11.5 Å². The van der Waals surface area contributed by atoms with E-state index in [9.17, 15) is 24.8 Å². The first-order valence-corrected chi connectivity index (χ1v) is 19.4. The van der Waals surface area contributed by atoms with Crippen LogP contribution >= 0.6 is 22.6 Å². The lowest BCUT2D eigenvalue weighted by Gasteiger charge is -2.32. The number of halogens is 1. The topological polar surface area (TPSA) is 144 Å². The summed E-state index contributed by atoms with van der Waals surface area (Å²) in [6.07, 6.45) is 1.72. The number of aromatic nitrogens is 3. The van der Waals surface area contributed by atoms with E-state index in [1.54, 1.807) is 21.8 Å². The largest absolute Gasteiger partial charge is 0.432 e. The quantitative estimate of drug-likeness (QED) is 0.0956. The molecule has 0 radical (unpaired) electrons. The number of hydrogen-bond acceptors (Lipinski definition) is 8. The number of aliphatic hydroxyl groups excluding tert-OH is 1. The summed E-state index contributed by atoms with van der Waals surface area (Å²) in [6.45, 7) is 6.18. The lowest BCUT2D eigenvalue weighted by Crippen LogP contribution is -2.46. The molecule has 0 saturated carbocycles. The highest BCUT2D eigenvalue weighted by molar-refractivity contribution is 14.1. The molecule has 1 saturated heterocycles. The number of nitrogens with zero attached hydrogens (tertiary/aromatic N) is 5. The SMILES string of the molecule is C[C@H]1[C@H]([Si](C)(C)O)[C@@H](CCn2cc(C(CO)c3ccccc3)nn2)O[C@]12C(=O)N(Cc1ccc(I)cc1)c1ccc([N+](=O)[O-])cc12. The van der Waals surface area contributed by atoms with Gasteiger partial charge in [0.2, 0.25) is 0 Å². The first kappa shape index (κ1) is 32.4. The predicted octanol–water partition coefficient (Wildman–Crippen LogP) is 5.35. The van der Waals surface area contributed by atoms with Gasteiger partial charge in [-0.15, -0.1) is 5.10 Å². The van der Waals surface area contributed by atoms with Crippen LogP contribution in [0.15, 0.2) is 79.0 Å². The highest BCUT2D eigenvalue weighted by Gasteiger charge is 2.66. The van der Waals surface area contributed by atoms with Crippen LogP contribution in [-0.2, 0) is 28.2 Å². The highest BCUT2D eigenvalue weighted by atomic mass is 127. The second-order valence-corrected chi connectivity index (χ2v) is 17.9. The molecule has 1 spiro atoms. The van der Waals surface area contributed by atoms with E-state index in [4.69, 9.17) is 4.74 Å². The van der Waals surface area contributed by atoms with E-state index in [1.807, 2.05) is 74.6 Å². The molecule has 46 heavy (non-hydrogen) atoms.